The fourth-order valence-corrected chi connectivity index (χ4v) is 2.73. The van der Waals surface area contributed by atoms with E-state index in [0.29, 0.717) is 0 Å². The summed E-state index contributed by atoms with van der Waals surface area (Å²) in [4.78, 5) is 0. The fourth-order valence-electron chi connectivity index (χ4n) is 2.26. The van der Waals surface area contributed by atoms with Crippen LogP contribution in [0.2, 0.25) is 0 Å². The molecule has 2 aromatic carbocycles. The zero-order valence-electron chi connectivity index (χ0n) is 10.8. The van der Waals surface area contributed by atoms with Gasteiger partial charge in [0.1, 0.15) is 0 Å². The van der Waals surface area contributed by atoms with E-state index in [-0.39, 0.29) is 6.04 Å². The first-order valence-electron chi connectivity index (χ1n) is 6.13. The van der Waals surface area contributed by atoms with Crippen LogP contribution in [0.1, 0.15) is 28.3 Å². The van der Waals surface area contributed by atoms with Crippen LogP contribution in [0.3, 0.4) is 0 Å². The Morgan fingerprint density at radius 3 is 2.56 bits per heavy atom. The molecule has 2 N–H and O–H groups in total. The average Bonchev–Trinajstić information content (AvgIpc) is 2.28. The highest BCUT2D eigenvalue weighted by Crippen LogP contribution is 2.23. The molecule has 0 radical (unpaired) electrons. The number of nitrogens with two attached hydrogens (primary N) is 1. The van der Waals surface area contributed by atoms with E-state index >= 15 is 0 Å². The molecule has 0 aliphatic heterocycles. The van der Waals surface area contributed by atoms with Gasteiger partial charge in [0.15, 0.2) is 0 Å². The van der Waals surface area contributed by atoms with Crippen LogP contribution in [0.5, 0.6) is 0 Å². The molecule has 1 atom stereocenters. The maximum Gasteiger partial charge on any atom is 0.0338 e. The first-order chi connectivity index (χ1) is 8.56. The van der Waals surface area contributed by atoms with E-state index in [0.717, 1.165) is 10.9 Å². The summed E-state index contributed by atoms with van der Waals surface area (Å²) in [7, 11) is 0. The topological polar surface area (TPSA) is 26.0 Å². The van der Waals surface area contributed by atoms with Crippen molar-refractivity contribution in [2.45, 2.75) is 26.3 Å². The van der Waals surface area contributed by atoms with Crippen molar-refractivity contribution in [2.24, 2.45) is 5.73 Å². The minimum atomic E-state index is 0.0555. The molecule has 1 nitrogen and oxygen atoms in total. The first-order valence-corrected chi connectivity index (χ1v) is 6.93. The summed E-state index contributed by atoms with van der Waals surface area (Å²) in [6.45, 7) is 4.22. The second kappa shape index (κ2) is 5.68. The van der Waals surface area contributed by atoms with Crippen molar-refractivity contribution in [1.82, 2.24) is 0 Å². The average molecular weight is 304 g/mol. The number of hydrogen-bond acceptors (Lipinski definition) is 1. The highest BCUT2D eigenvalue weighted by atomic mass is 79.9. The molecular formula is C16H18BrN. The molecule has 94 valence electrons. The van der Waals surface area contributed by atoms with Gasteiger partial charge in [0.05, 0.1) is 0 Å². The van der Waals surface area contributed by atoms with E-state index in [1.807, 2.05) is 0 Å². The molecule has 0 spiro atoms. The standard InChI is InChI=1S/C16H18BrN/c1-11-4-3-5-13(8-11)10-16(18)15-7-6-14(17)9-12(15)2/h3-9,16H,10,18H2,1-2H3. The van der Waals surface area contributed by atoms with Crippen molar-refractivity contribution in [3.05, 3.63) is 69.2 Å². The van der Waals surface area contributed by atoms with E-state index in [2.05, 4.69) is 72.2 Å². The molecule has 18 heavy (non-hydrogen) atoms. The quantitative estimate of drug-likeness (QED) is 0.898. The normalized spacial score (nSPS) is 12.4. The van der Waals surface area contributed by atoms with Gasteiger partial charge in [0, 0.05) is 10.5 Å². The molecule has 2 heteroatoms. The Hall–Kier alpha value is -1.12. The summed E-state index contributed by atoms with van der Waals surface area (Å²) >= 11 is 3.48. The Balaban J connectivity index is 2.19. The summed E-state index contributed by atoms with van der Waals surface area (Å²) < 4.78 is 1.10. The lowest BCUT2D eigenvalue weighted by molar-refractivity contribution is 0.716. The zero-order valence-corrected chi connectivity index (χ0v) is 12.4. The number of rotatable bonds is 3. The van der Waals surface area contributed by atoms with Gasteiger partial charge >= 0.3 is 0 Å². The van der Waals surface area contributed by atoms with Gasteiger partial charge in [-0.1, -0.05) is 51.8 Å². The molecule has 0 aliphatic carbocycles. The number of aryl methyl sites for hydroxylation is 2. The minimum absolute atomic E-state index is 0.0555. The van der Waals surface area contributed by atoms with Crippen molar-refractivity contribution in [1.29, 1.82) is 0 Å². The zero-order chi connectivity index (χ0) is 13.1. The molecule has 0 saturated heterocycles. The lowest BCUT2D eigenvalue weighted by Gasteiger charge is -2.15. The van der Waals surface area contributed by atoms with Crippen molar-refractivity contribution in [3.63, 3.8) is 0 Å². The Morgan fingerprint density at radius 1 is 1.11 bits per heavy atom. The van der Waals surface area contributed by atoms with Gasteiger partial charge in [0.25, 0.3) is 0 Å². The maximum absolute atomic E-state index is 6.31. The van der Waals surface area contributed by atoms with E-state index < -0.39 is 0 Å². The van der Waals surface area contributed by atoms with E-state index in [1.165, 1.54) is 22.3 Å². The van der Waals surface area contributed by atoms with Gasteiger partial charge in [-0.25, -0.2) is 0 Å². The van der Waals surface area contributed by atoms with Crippen LogP contribution in [0.25, 0.3) is 0 Å². The molecule has 0 aromatic heterocycles. The van der Waals surface area contributed by atoms with Crippen LogP contribution in [-0.2, 0) is 6.42 Å². The third-order valence-corrected chi connectivity index (χ3v) is 3.66. The van der Waals surface area contributed by atoms with E-state index in [1.54, 1.807) is 0 Å². The lowest BCUT2D eigenvalue weighted by atomic mass is 9.95. The summed E-state index contributed by atoms with van der Waals surface area (Å²) in [5.74, 6) is 0. The Labute approximate surface area is 117 Å². The highest BCUT2D eigenvalue weighted by Gasteiger charge is 2.10. The monoisotopic (exact) mass is 303 g/mol. The summed E-state index contributed by atoms with van der Waals surface area (Å²) in [5.41, 5.74) is 11.4. The molecule has 2 aromatic rings. The van der Waals surface area contributed by atoms with E-state index in [9.17, 15) is 0 Å². The minimum Gasteiger partial charge on any atom is -0.324 e. The lowest BCUT2D eigenvalue weighted by Crippen LogP contribution is -2.14. The van der Waals surface area contributed by atoms with Crippen molar-refractivity contribution >= 4 is 15.9 Å². The number of hydrogen-bond donors (Lipinski definition) is 1. The van der Waals surface area contributed by atoms with Gasteiger partial charge in [-0.15, -0.1) is 0 Å². The van der Waals surface area contributed by atoms with Crippen LogP contribution < -0.4 is 5.73 Å². The third kappa shape index (κ3) is 3.21. The molecule has 0 amide bonds. The molecule has 0 heterocycles. The van der Waals surface area contributed by atoms with Crippen molar-refractivity contribution in [3.8, 4) is 0 Å². The molecule has 0 aliphatic rings. The van der Waals surface area contributed by atoms with Crippen LogP contribution in [0.4, 0.5) is 0 Å². The van der Waals surface area contributed by atoms with Crippen molar-refractivity contribution in [2.75, 3.05) is 0 Å². The predicted molar refractivity (Wildman–Crippen MR) is 80.7 cm³/mol. The Bertz CT molecular complexity index is 549. The van der Waals surface area contributed by atoms with Crippen LogP contribution >= 0.6 is 15.9 Å². The SMILES string of the molecule is Cc1cccc(CC(N)c2ccc(Br)cc2C)c1. The van der Waals surface area contributed by atoms with Crippen molar-refractivity contribution < 1.29 is 0 Å². The second-order valence-electron chi connectivity index (χ2n) is 4.80. The molecule has 0 saturated carbocycles. The maximum atomic E-state index is 6.31. The number of halogens is 1. The van der Waals surface area contributed by atoms with Gasteiger partial charge in [0.2, 0.25) is 0 Å². The molecule has 0 fully saturated rings. The summed E-state index contributed by atoms with van der Waals surface area (Å²) in [6, 6.07) is 14.9. The second-order valence-corrected chi connectivity index (χ2v) is 5.72. The predicted octanol–water partition coefficient (Wildman–Crippen LogP) is 4.31. The largest absolute Gasteiger partial charge is 0.324 e. The van der Waals surface area contributed by atoms with Crippen LogP contribution in [0.15, 0.2) is 46.9 Å². The highest BCUT2D eigenvalue weighted by molar-refractivity contribution is 9.10. The Kier molecular flexibility index (Phi) is 4.20. The van der Waals surface area contributed by atoms with Gasteiger partial charge in [-0.05, 0) is 49.1 Å². The van der Waals surface area contributed by atoms with Gasteiger partial charge in [-0.2, -0.15) is 0 Å². The third-order valence-electron chi connectivity index (χ3n) is 3.17. The first kappa shape index (κ1) is 13.3. The molecule has 0 bridgehead atoms. The molecule has 2 rings (SSSR count). The Morgan fingerprint density at radius 2 is 1.89 bits per heavy atom. The van der Waals surface area contributed by atoms with Crippen LogP contribution in [0, 0.1) is 13.8 Å². The van der Waals surface area contributed by atoms with E-state index in [4.69, 9.17) is 5.73 Å². The fraction of sp³-hybridized carbons (Fsp3) is 0.250. The van der Waals surface area contributed by atoms with Crippen LogP contribution in [-0.4, -0.2) is 0 Å². The summed E-state index contributed by atoms with van der Waals surface area (Å²) in [5, 5.41) is 0. The molecular weight excluding hydrogens is 286 g/mol. The van der Waals surface area contributed by atoms with Gasteiger partial charge < -0.3 is 5.73 Å². The summed E-state index contributed by atoms with van der Waals surface area (Å²) in [6.07, 6.45) is 0.879. The van der Waals surface area contributed by atoms with Gasteiger partial charge in [-0.3, -0.25) is 0 Å². The number of benzene rings is 2. The smallest absolute Gasteiger partial charge is 0.0338 e. The molecule has 1 unspecified atom stereocenters.